The fraction of sp³-hybridized carbons (Fsp3) is 0. The largest absolute Gasteiger partial charge is 0.434 e. The summed E-state index contributed by atoms with van der Waals surface area (Å²) in [5.41, 5.74) is 5.99. The number of hydrogen-bond donors (Lipinski definition) is 1. The van der Waals surface area contributed by atoms with Gasteiger partial charge in [-0.2, -0.15) is 0 Å². The first-order valence-corrected chi connectivity index (χ1v) is 5.29. The van der Waals surface area contributed by atoms with Gasteiger partial charge in [0, 0.05) is 10.7 Å². The second-order valence-electron chi connectivity index (χ2n) is 3.07. The van der Waals surface area contributed by atoms with Crippen LogP contribution in [0.5, 0.6) is 11.6 Å². The fourth-order valence-electron chi connectivity index (χ4n) is 1.15. The lowest BCUT2D eigenvalue weighted by Crippen LogP contribution is -1.95. The van der Waals surface area contributed by atoms with E-state index in [0.29, 0.717) is 10.2 Å². The van der Waals surface area contributed by atoms with Crippen LogP contribution in [0.3, 0.4) is 0 Å². The van der Waals surface area contributed by atoms with Crippen LogP contribution in [0.15, 0.2) is 41.0 Å². The highest BCUT2D eigenvalue weighted by atomic mass is 79.9. The van der Waals surface area contributed by atoms with E-state index in [9.17, 15) is 4.39 Å². The van der Waals surface area contributed by atoms with Gasteiger partial charge in [-0.1, -0.05) is 15.9 Å². The van der Waals surface area contributed by atoms with E-state index in [1.807, 2.05) is 0 Å². The maximum absolute atomic E-state index is 13.4. The third-order valence-corrected chi connectivity index (χ3v) is 2.39. The second-order valence-corrected chi connectivity index (χ2v) is 3.99. The molecule has 1 aromatic heterocycles. The number of benzene rings is 1. The lowest BCUT2D eigenvalue weighted by molar-refractivity contribution is 0.429. The number of pyridine rings is 1. The van der Waals surface area contributed by atoms with Gasteiger partial charge >= 0.3 is 0 Å². The molecule has 0 radical (unpaired) electrons. The Balaban J connectivity index is 2.31. The summed E-state index contributed by atoms with van der Waals surface area (Å²) >= 11 is 3.16. The Hall–Kier alpha value is -1.62. The van der Waals surface area contributed by atoms with Crippen molar-refractivity contribution >= 4 is 21.6 Å². The number of nitrogens with two attached hydrogens (primary N) is 1. The van der Waals surface area contributed by atoms with E-state index in [1.54, 1.807) is 18.2 Å². The maximum Gasteiger partial charge on any atom is 0.242 e. The zero-order valence-corrected chi connectivity index (χ0v) is 9.74. The van der Waals surface area contributed by atoms with Gasteiger partial charge < -0.3 is 10.5 Å². The van der Waals surface area contributed by atoms with Crippen LogP contribution >= 0.6 is 15.9 Å². The Morgan fingerprint density at radius 2 is 2.12 bits per heavy atom. The summed E-state index contributed by atoms with van der Waals surface area (Å²) in [6.07, 6.45) is 1.53. The van der Waals surface area contributed by atoms with Gasteiger partial charge in [0.15, 0.2) is 11.6 Å². The van der Waals surface area contributed by atoms with Gasteiger partial charge in [0.05, 0.1) is 5.69 Å². The summed E-state index contributed by atoms with van der Waals surface area (Å²) in [6.45, 7) is 0. The number of ether oxygens (including phenoxy) is 1. The topological polar surface area (TPSA) is 48.1 Å². The Morgan fingerprint density at radius 1 is 1.31 bits per heavy atom. The van der Waals surface area contributed by atoms with E-state index in [1.165, 1.54) is 18.3 Å². The number of rotatable bonds is 2. The van der Waals surface area contributed by atoms with Crippen LogP contribution in [0.2, 0.25) is 0 Å². The molecule has 0 saturated carbocycles. The highest BCUT2D eigenvalue weighted by Gasteiger charge is 2.07. The molecule has 0 atom stereocenters. The monoisotopic (exact) mass is 282 g/mol. The van der Waals surface area contributed by atoms with Crippen molar-refractivity contribution < 1.29 is 9.13 Å². The molecular formula is C11H8BrFN2O. The smallest absolute Gasteiger partial charge is 0.242 e. The molecular weight excluding hydrogens is 275 g/mol. The minimum absolute atomic E-state index is 0.0913. The van der Waals surface area contributed by atoms with Crippen LogP contribution in [0.1, 0.15) is 0 Å². The van der Waals surface area contributed by atoms with Crippen LogP contribution in [0, 0.1) is 5.82 Å². The molecule has 1 heterocycles. The van der Waals surface area contributed by atoms with E-state index in [2.05, 4.69) is 20.9 Å². The predicted octanol–water partition coefficient (Wildman–Crippen LogP) is 3.36. The molecule has 0 bridgehead atoms. The van der Waals surface area contributed by atoms with Crippen molar-refractivity contribution in [3.63, 3.8) is 0 Å². The quantitative estimate of drug-likeness (QED) is 0.919. The fourth-order valence-corrected chi connectivity index (χ4v) is 1.48. The first-order chi connectivity index (χ1) is 7.66. The number of hydrogen-bond acceptors (Lipinski definition) is 3. The number of halogens is 2. The summed E-state index contributed by atoms with van der Waals surface area (Å²) in [7, 11) is 0. The van der Waals surface area contributed by atoms with Gasteiger partial charge in [-0.3, -0.25) is 0 Å². The zero-order valence-electron chi connectivity index (χ0n) is 8.15. The van der Waals surface area contributed by atoms with Crippen LogP contribution in [-0.2, 0) is 0 Å². The summed E-state index contributed by atoms with van der Waals surface area (Å²) < 4.78 is 19.4. The molecule has 0 amide bonds. The summed E-state index contributed by atoms with van der Waals surface area (Å²) in [5.74, 6) is -0.184. The third kappa shape index (κ3) is 2.30. The SMILES string of the molecule is Nc1cccnc1Oc1ccc(Br)cc1F. The van der Waals surface area contributed by atoms with Gasteiger partial charge in [-0.15, -0.1) is 0 Å². The van der Waals surface area contributed by atoms with E-state index in [-0.39, 0.29) is 11.6 Å². The first kappa shape index (κ1) is 10.9. The van der Waals surface area contributed by atoms with E-state index in [0.717, 1.165) is 0 Å². The molecule has 16 heavy (non-hydrogen) atoms. The molecule has 0 aliphatic rings. The standard InChI is InChI=1S/C11H8BrFN2O/c12-7-3-4-10(8(13)6-7)16-11-9(14)2-1-5-15-11/h1-6H,14H2. The minimum Gasteiger partial charge on any atom is -0.434 e. The van der Waals surface area contributed by atoms with Crippen molar-refractivity contribution in [3.05, 3.63) is 46.8 Å². The van der Waals surface area contributed by atoms with Crippen molar-refractivity contribution in [1.82, 2.24) is 4.98 Å². The molecule has 1 aromatic carbocycles. The van der Waals surface area contributed by atoms with Gasteiger partial charge in [-0.25, -0.2) is 9.37 Å². The molecule has 0 spiro atoms. The Kier molecular flexibility index (Phi) is 3.05. The maximum atomic E-state index is 13.4. The summed E-state index contributed by atoms with van der Waals surface area (Å²) in [6, 6.07) is 7.82. The Morgan fingerprint density at radius 3 is 2.81 bits per heavy atom. The van der Waals surface area contributed by atoms with Gasteiger partial charge in [-0.05, 0) is 30.3 Å². The van der Waals surface area contributed by atoms with E-state index in [4.69, 9.17) is 10.5 Å². The number of aromatic nitrogens is 1. The summed E-state index contributed by atoms with van der Waals surface area (Å²) in [4.78, 5) is 3.91. The number of anilines is 1. The van der Waals surface area contributed by atoms with E-state index >= 15 is 0 Å². The molecule has 3 nitrogen and oxygen atoms in total. The molecule has 0 aliphatic heterocycles. The van der Waals surface area contributed by atoms with Crippen molar-refractivity contribution in [1.29, 1.82) is 0 Å². The predicted molar refractivity (Wildman–Crippen MR) is 62.8 cm³/mol. The zero-order chi connectivity index (χ0) is 11.5. The molecule has 0 saturated heterocycles. The lowest BCUT2D eigenvalue weighted by atomic mass is 10.3. The molecule has 0 fully saturated rings. The molecule has 5 heteroatoms. The first-order valence-electron chi connectivity index (χ1n) is 4.50. The molecule has 82 valence electrons. The molecule has 2 aromatic rings. The van der Waals surface area contributed by atoms with Gasteiger partial charge in [0.1, 0.15) is 0 Å². The average Bonchev–Trinajstić information content (AvgIpc) is 2.25. The summed E-state index contributed by atoms with van der Waals surface area (Å²) in [5, 5.41) is 0. The van der Waals surface area contributed by atoms with Crippen molar-refractivity contribution in [3.8, 4) is 11.6 Å². The molecule has 2 rings (SSSR count). The normalized spacial score (nSPS) is 10.1. The second kappa shape index (κ2) is 4.49. The van der Waals surface area contributed by atoms with Crippen LogP contribution in [0.25, 0.3) is 0 Å². The van der Waals surface area contributed by atoms with Gasteiger partial charge in [0.25, 0.3) is 0 Å². The van der Waals surface area contributed by atoms with Crippen LogP contribution in [0.4, 0.5) is 10.1 Å². The molecule has 2 N–H and O–H groups in total. The van der Waals surface area contributed by atoms with Crippen LogP contribution in [-0.4, -0.2) is 4.98 Å². The average molecular weight is 283 g/mol. The highest BCUT2D eigenvalue weighted by molar-refractivity contribution is 9.10. The van der Waals surface area contributed by atoms with Crippen LogP contribution < -0.4 is 10.5 Å². The van der Waals surface area contributed by atoms with Crippen molar-refractivity contribution in [2.24, 2.45) is 0 Å². The van der Waals surface area contributed by atoms with Gasteiger partial charge in [0.2, 0.25) is 5.88 Å². The Bertz CT molecular complexity index is 519. The number of nitrogen functional groups attached to an aromatic ring is 1. The highest BCUT2D eigenvalue weighted by Crippen LogP contribution is 2.28. The number of nitrogens with zero attached hydrogens (tertiary/aromatic N) is 1. The van der Waals surface area contributed by atoms with Crippen molar-refractivity contribution in [2.45, 2.75) is 0 Å². The molecule has 0 unspecified atom stereocenters. The van der Waals surface area contributed by atoms with E-state index < -0.39 is 5.82 Å². The minimum atomic E-state index is -0.473. The third-order valence-electron chi connectivity index (χ3n) is 1.90. The van der Waals surface area contributed by atoms with Crippen molar-refractivity contribution in [2.75, 3.05) is 5.73 Å². The lowest BCUT2D eigenvalue weighted by Gasteiger charge is -2.07. The molecule has 0 aliphatic carbocycles. The Labute approximate surface area is 100 Å².